The Morgan fingerprint density at radius 3 is 1.72 bits per heavy atom. The van der Waals surface area contributed by atoms with Crippen molar-refractivity contribution in [3.63, 3.8) is 0 Å². The summed E-state index contributed by atoms with van der Waals surface area (Å²) < 4.78 is 0. The van der Waals surface area contributed by atoms with Gasteiger partial charge < -0.3 is 32.1 Å². The third-order valence-corrected chi connectivity index (χ3v) is 3.40. The zero-order chi connectivity index (χ0) is 19.8. The number of hydrogen-bond donors (Lipinski definition) is 6. The van der Waals surface area contributed by atoms with Crippen molar-refractivity contribution < 1.29 is 39.3 Å². The molecule has 12 heteroatoms. The van der Waals surface area contributed by atoms with E-state index in [1.807, 2.05) is 0 Å². The fourth-order valence-corrected chi connectivity index (χ4v) is 2.06. The number of nitrogens with one attached hydrogen (secondary N) is 1. The predicted octanol–water partition coefficient (Wildman–Crippen LogP) is -1.55. The molecule has 0 aliphatic heterocycles. The molecule has 1 atom stereocenters. The molecule has 25 heavy (non-hydrogen) atoms. The Balaban J connectivity index is 0. The lowest BCUT2D eigenvalue weighted by Crippen LogP contribution is -2.43. The van der Waals surface area contributed by atoms with Gasteiger partial charge in [-0.2, -0.15) is 11.8 Å². The minimum absolute atomic E-state index is 0.0313. The molecule has 0 aliphatic rings. The van der Waals surface area contributed by atoms with Gasteiger partial charge in [0.15, 0.2) is 0 Å². The molecule has 0 saturated heterocycles. The molecule has 2 amide bonds. The van der Waals surface area contributed by atoms with Gasteiger partial charge in [0.05, 0.1) is 19.4 Å². The van der Waals surface area contributed by atoms with Crippen molar-refractivity contribution in [2.75, 3.05) is 18.1 Å². The van der Waals surface area contributed by atoms with Crippen molar-refractivity contribution in [1.29, 1.82) is 0 Å². The van der Waals surface area contributed by atoms with Crippen molar-refractivity contribution in [3.05, 3.63) is 0 Å². The fraction of sp³-hybridized carbons (Fsp3) is 0.615. The number of rotatable bonds is 12. The van der Waals surface area contributed by atoms with Crippen LogP contribution in [0.2, 0.25) is 0 Å². The molecule has 0 aromatic rings. The van der Waals surface area contributed by atoms with Crippen molar-refractivity contribution in [2.24, 2.45) is 11.5 Å². The van der Waals surface area contributed by atoms with Crippen LogP contribution in [0.1, 0.15) is 25.7 Å². The minimum atomic E-state index is -1.21. The quantitative estimate of drug-likeness (QED) is 0.214. The van der Waals surface area contributed by atoms with Gasteiger partial charge in [0.1, 0.15) is 6.04 Å². The monoisotopic (exact) mass is 381 g/mol. The summed E-state index contributed by atoms with van der Waals surface area (Å²) in [5, 5.41) is 27.2. The number of primary amides is 1. The van der Waals surface area contributed by atoms with Crippen molar-refractivity contribution in [2.45, 2.75) is 31.7 Å². The maximum atomic E-state index is 10.8. The van der Waals surface area contributed by atoms with Crippen LogP contribution in [-0.4, -0.2) is 69.1 Å². The van der Waals surface area contributed by atoms with Gasteiger partial charge >= 0.3 is 17.9 Å². The summed E-state index contributed by atoms with van der Waals surface area (Å²) in [6.07, 6.45) is 0.0762. The SMILES string of the molecule is NCC(=O)NC(CCC(N)=O)C(=O)O.O=C(O)CCSCCC(=O)O. The largest absolute Gasteiger partial charge is 0.481 e. The Bertz CT molecular complexity index is 456. The molecule has 0 fully saturated rings. The van der Waals surface area contributed by atoms with E-state index in [-0.39, 0.29) is 32.2 Å². The fourth-order valence-electron chi connectivity index (χ4n) is 1.22. The maximum Gasteiger partial charge on any atom is 0.326 e. The Kier molecular flexibility index (Phi) is 15.1. The van der Waals surface area contributed by atoms with Crippen LogP contribution >= 0.6 is 11.8 Å². The second-order valence-electron chi connectivity index (χ2n) is 4.57. The van der Waals surface area contributed by atoms with Gasteiger partial charge in [-0.15, -0.1) is 0 Å². The summed E-state index contributed by atoms with van der Waals surface area (Å²) >= 11 is 1.35. The van der Waals surface area contributed by atoms with E-state index in [4.69, 9.17) is 26.8 Å². The molecule has 144 valence electrons. The van der Waals surface area contributed by atoms with E-state index in [1.54, 1.807) is 0 Å². The average molecular weight is 381 g/mol. The van der Waals surface area contributed by atoms with Crippen LogP contribution in [0.3, 0.4) is 0 Å². The lowest BCUT2D eigenvalue weighted by Gasteiger charge is -2.12. The highest BCUT2D eigenvalue weighted by Gasteiger charge is 2.19. The lowest BCUT2D eigenvalue weighted by molar-refractivity contribution is -0.142. The summed E-state index contributed by atoms with van der Waals surface area (Å²) in [6.45, 7) is -0.291. The van der Waals surface area contributed by atoms with Gasteiger partial charge in [-0.1, -0.05) is 0 Å². The molecule has 0 aromatic heterocycles. The molecule has 0 radical (unpaired) electrons. The number of carbonyl (C=O) groups excluding carboxylic acids is 2. The molecule has 1 unspecified atom stereocenters. The summed E-state index contributed by atoms with van der Waals surface area (Å²) in [4.78, 5) is 51.6. The molecule has 11 nitrogen and oxygen atoms in total. The summed E-state index contributed by atoms with van der Waals surface area (Å²) in [5.74, 6) is -3.11. The number of hydrogen-bond acceptors (Lipinski definition) is 7. The Morgan fingerprint density at radius 2 is 1.40 bits per heavy atom. The van der Waals surface area contributed by atoms with Gasteiger partial charge in [-0.3, -0.25) is 19.2 Å². The first-order valence-electron chi connectivity index (χ1n) is 7.12. The average Bonchev–Trinajstić information content (AvgIpc) is 2.50. The normalized spacial score (nSPS) is 10.8. The molecule has 0 aromatic carbocycles. The van der Waals surface area contributed by atoms with E-state index >= 15 is 0 Å². The molecule has 0 heterocycles. The van der Waals surface area contributed by atoms with Gasteiger partial charge in [0.25, 0.3) is 0 Å². The highest BCUT2D eigenvalue weighted by molar-refractivity contribution is 7.99. The third kappa shape index (κ3) is 19.6. The van der Waals surface area contributed by atoms with Crippen LogP contribution in [0.15, 0.2) is 0 Å². The van der Waals surface area contributed by atoms with E-state index in [0.29, 0.717) is 11.5 Å². The molecular formula is C13H23N3O8S. The smallest absolute Gasteiger partial charge is 0.326 e. The van der Waals surface area contributed by atoms with Crippen molar-refractivity contribution in [3.8, 4) is 0 Å². The Morgan fingerprint density at radius 1 is 0.920 bits per heavy atom. The van der Waals surface area contributed by atoms with Crippen LogP contribution in [-0.2, 0) is 24.0 Å². The Hall–Kier alpha value is -2.34. The number of nitrogens with two attached hydrogens (primary N) is 2. The number of aliphatic carboxylic acids is 3. The number of carboxylic acids is 3. The summed E-state index contributed by atoms with van der Waals surface area (Å²) in [7, 11) is 0. The minimum Gasteiger partial charge on any atom is -0.481 e. The second-order valence-corrected chi connectivity index (χ2v) is 5.79. The molecule has 8 N–H and O–H groups in total. The standard InChI is InChI=1S/C7H13N3O4.C6H10O4S/c8-3-6(12)10-4(7(13)14)1-2-5(9)11;7-5(8)1-3-11-4-2-6(9)10/h4H,1-3,8H2,(H2,9,11)(H,10,12)(H,13,14);1-4H2,(H,7,8)(H,9,10). The number of carboxylic acid groups (broad SMARTS) is 3. The molecular weight excluding hydrogens is 358 g/mol. The summed E-state index contributed by atoms with van der Waals surface area (Å²) in [5.41, 5.74) is 9.81. The Labute approximate surface area is 148 Å². The first kappa shape index (κ1) is 24.9. The molecule has 0 bridgehead atoms. The molecule has 0 rings (SSSR count). The third-order valence-electron chi connectivity index (χ3n) is 2.42. The van der Waals surface area contributed by atoms with Gasteiger partial charge in [-0.05, 0) is 6.42 Å². The van der Waals surface area contributed by atoms with Crippen LogP contribution in [0.25, 0.3) is 0 Å². The van der Waals surface area contributed by atoms with Crippen molar-refractivity contribution in [1.82, 2.24) is 5.32 Å². The summed E-state index contributed by atoms with van der Waals surface area (Å²) in [6, 6.07) is -1.11. The van der Waals surface area contributed by atoms with E-state index in [0.717, 1.165) is 0 Å². The van der Waals surface area contributed by atoms with E-state index in [1.165, 1.54) is 11.8 Å². The lowest BCUT2D eigenvalue weighted by atomic mass is 10.1. The maximum absolute atomic E-state index is 10.8. The highest BCUT2D eigenvalue weighted by Crippen LogP contribution is 2.03. The molecule has 0 aliphatic carbocycles. The van der Waals surface area contributed by atoms with Gasteiger partial charge in [0, 0.05) is 17.9 Å². The first-order valence-corrected chi connectivity index (χ1v) is 8.27. The van der Waals surface area contributed by atoms with Gasteiger partial charge in [0.2, 0.25) is 11.8 Å². The van der Waals surface area contributed by atoms with Crippen LogP contribution in [0, 0.1) is 0 Å². The van der Waals surface area contributed by atoms with E-state index in [9.17, 15) is 24.0 Å². The zero-order valence-corrected chi connectivity index (χ0v) is 14.3. The van der Waals surface area contributed by atoms with Crippen LogP contribution in [0.5, 0.6) is 0 Å². The molecule has 0 spiro atoms. The van der Waals surface area contributed by atoms with Crippen LogP contribution < -0.4 is 16.8 Å². The number of carbonyl (C=O) groups is 5. The first-order chi connectivity index (χ1) is 11.6. The zero-order valence-electron chi connectivity index (χ0n) is 13.5. The van der Waals surface area contributed by atoms with E-state index < -0.39 is 35.8 Å². The predicted molar refractivity (Wildman–Crippen MR) is 88.9 cm³/mol. The van der Waals surface area contributed by atoms with E-state index in [2.05, 4.69) is 5.32 Å². The second kappa shape index (κ2) is 15.2. The topological polar surface area (TPSA) is 210 Å². The number of thioether (sulfide) groups is 1. The highest BCUT2D eigenvalue weighted by atomic mass is 32.2. The van der Waals surface area contributed by atoms with Crippen LogP contribution in [0.4, 0.5) is 0 Å². The molecule has 0 saturated carbocycles. The number of amides is 2. The van der Waals surface area contributed by atoms with Crippen molar-refractivity contribution >= 4 is 41.5 Å². The van der Waals surface area contributed by atoms with Gasteiger partial charge in [-0.25, -0.2) is 4.79 Å².